The van der Waals surface area contributed by atoms with Gasteiger partial charge in [0.2, 0.25) is 0 Å². The third-order valence-electron chi connectivity index (χ3n) is 2.02. The molecule has 2 aliphatic rings. The minimum absolute atomic E-state index is 0.558. The van der Waals surface area contributed by atoms with Crippen LogP contribution in [-0.4, -0.2) is 48.6 Å². The van der Waals surface area contributed by atoms with E-state index in [1.807, 2.05) is 0 Å². The van der Waals surface area contributed by atoms with Crippen LogP contribution in [0.2, 0.25) is 0 Å². The smallest absolute Gasteiger partial charge is 0.328 e. The van der Waals surface area contributed by atoms with Crippen molar-refractivity contribution >= 4 is 11.9 Å². The molecule has 2 aliphatic heterocycles. The van der Waals surface area contributed by atoms with E-state index in [9.17, 15) is 9.59 Å². The van der Waals surface area contributed by atoms with Gasteiger partial charge in [-0.25, -0.2) is 9.59 Å². The Bertz CT molecular complexity index is 212. The number of hydrogen-bond acceptors (Lipinski definition) is 4. The van der Waals surface area contributed by atoms with Gasteiger partial charge in [-0.05, 0) is 25.7 Å². The van der Waals surface area contributed by atoms with Crippen LogP contribution in [0.4, 0.5) is 0 Å². The first-order chi connectivity index (χ1) is 8.63. The Labute approximate surface area is 106 Å². The molecule has 2 rings (SSSR count). The summed E-state index contributed by atoms with van der Waals surface area (Å²) in [4.78, 5) is 19.1. The molecule has 2 N–H and O–H groups in total. The lowest BCUT2D eigenvalue weighted by atomic mass is 10.4. The van der Waals surface area contributed by atoms with Gasteiger partial charge in [0.05, 0.1) is 0 Å². The van der Waals surface area contributed by atoms with Crippen LogP contribution in [0.1, 0.15) is 25.7 Å². The first kappa shape index (κ1) is 16.6. The molecule has 0 unspecified atom stereocenters. The van der Waals surface area contributed by atoms with Gasteiger partial charge in [0.25, 0.3) is 0 Å². The van der Waals surface area contributed by atoms with Crippen LogP contribution in [0.25, 0.3) is 0 Å². The summed E-state index contributed by atoms with van der Waals surface area (Å²) >= 11 is 0. The maximum Gasteiger partial charge on any atom is 0.328 e. The molecular formula is C12H20O6. The van der Waals surface area contributed by atoms with E-state index in [1.54, 1.807) is 0 Å². The average molecular weight is 260 g/mol. The fourth-order valence-electron chi connectivity index (χ4n) is 1.16. The molecule has 18 heavy (non-hydrogen) atoms. The predicted molar refractivity (Wildman–Crippen MR) is 64.5 cm³/mol. The second-order valence-electron chi connectivity index (χ2n) is 3.65. The van der Waals surface area contributed by atoms with Gasteiger partial charge in [0, 0.05) is 38.6 Å². The van der Waals surface area contributed by atoms with Crippen LogP contribution < -0.4 is 0 Å². The lowest BCUT2D eigenvalue weighted by molar-refractivity contribution is -0.134. The SMILES string of the molecule is C1CCOC1.C1CCOC1.O=C(O)/C=C/C(=O)O. The van der Waals surface area contributed by atoms with Gasteiger partial charge in [-0.3, -0.25) is 0 Å². The molecule has 0 radical (unpaired) electrons. The van der Waals surface area contributed by atoms with E-state index in [0.717, 1.165) is 26.4 Å². The maximum atomic E-state index is 9.55. The summed E-state index contributed by atoms with van der Waals surface area (Å²) in [6.45, 7) is 4.00. The minimum Gasteiger partial charge on any atom is -0.478 e. The highest BCUT2D eigenvalue weighted by molar-refractivity contribution is 5.89. The lowest BCUT2D eigenvalue weighted by Gasteiger charge is -1.76. The topological polar surface area (TPSA) is 93.1 Å². The van der Waals surface area contributed by atoms with Gasteiger partial charge < -0.3 is 19.7 Å². The number of rotatable bonds is 2. The number of carboxylic acids is 2. The third kappa shape index (κ3) is 14.6. The molecule has 6 nitrogen and oxygen atoms in total. The lowest BCUT2D eigenvalue weighted by Crippen LogP contribution is -1.91. The van der Waals surface area contributed by atoms with Gasteiger partial charge in [-0.15, -0.1) is 0 Å². The van der Waals surface area contributed by atoms with E-state index < -0.39 is 11.9 Å². The predicted octanol–water partition coefficient (Wildman–Crippen LogP) is 1.31. The van der Waals surface area contributed by atoms with E-state index in [-0.39, 0.29) is 0 Å². The molecule has 0 amide bonds. The van der Waals surface area contributed by atoms with Gasteiger partial charge in [0.1, 0.15) is 0 Å². The molecule has 0 aromatic rings. The van der Waals surface area contributed by atoms with Crippen LogP contribution in [0.3, 0.4) is 0 Å². The highest BCUT2D eigenvalue weighted by Crippen LogP contribution is 1.98. The van der Waals surface area contributed by atoms with E-state index in [2.05, 4.69) is 0 Å². The van der Waals surface area contributed by atoms with E-state index in [0.29, 0.717) is 12.2 Å². The molecule has 2 heterocycles. The van der Waals surface area contributed by atoms with Crippen LogP contribution >= 0.6 is 0 Å². The number of hydrogen-bond donors (Lipinski definition) is 2. The summed E-state index contributed by atoms with van der Waals surface area (Å²) in [6.07, 6.45) is 6.23. The Morgan fingerprint density at radius 1 is 0.722 bits per heavy atom. The zero-order valence-electron chi connectivity index (χ0n) is 10.3. The zero-order chi connectivity index (χ0) is 13.6. The summed E-state index contributed by atoms with van der Waals surface area (Å²) < 4.78 is 9.89. The van der Waals surface area contributed by atoms with Crippen molar-refractivity contribution in [1.29, 1.82) is 0 Å². The van der Waals surface area contributed by atoms with Crippen LogP contribution in [0.5, 0.6) is 0 Å². The fourth-order valence-corrected chi connectivity index (χ4v) is 1.16. The van der Waals surface area contributed by atoms with E-state index in [1.165, 1.54) is 25.7 Å². The van der Waals surface area contributed by atoms with Crippen molar-refractivity contribution in [3.63, 3.8) is 0 Å². The van der Waals surface area contributed by atoms with Crippen molar-refractivity contribution in [2.24, 2.45) is 0 Å². The Balaban J connectivity index is 0.000000250. The van der Waals surface area contributed by atoms with E-state index >= 15 is 0 Å². The van der Waals surface area contributed by atoms with Crippen molar-refractivity contribution in [3.8, 4) is 0 Å². The van der Waals surface area contributed by atoms with Gasteiger partial charge >= 0.3 is 11.9 Å². The largest absolute Gasteiger partial charge is 0.478 e. The maximum absolute atomic E-state index is 9.55. The van der Waals surface area contributed by atoms with Crippen molar-refractivity contribution in [2.45, 2.75) is 25.7 Å². The molecule has 0 spiro atoms. The number of ether oxygens (including phenoxy) is 2. The average Bonchev–Trinajstić information content (AvgIpc) is 3.03. The van der Waals surface area contributed by atoms with Gasteiger partial charge in [0.15, 0.2) is 0 Å². The quantitative estimate of drug-likeness (QED) is 0.727. The summed E-state index contributed by atoms with van der Waals surface area (Å²) in [5.74, 6) is -2.51. The highest BCUT2D eigenvalue weighted by atomic mass is 16.5. The second kappa shape index (κ2) is 12.1. The Morgan fingerprint density at radius 2 is 1.00 bits per heavy atom. The summed E-state index contributed by atoms with van der Waals surface area (Å²) in [5.41, 5.74) is 0. The zero-order valence-corrected chi connectivity index (χ0v) is 10.3. The first-order valence-electron chi connectivity index (χ1n) is 5.92. The first-order valence-corrected chi connectivity index (χ1v) is 5.92. The molecule has 6 heteroatoms. The minimum atomic E-state index is -1.26. The Hall–Kier alpha value is -1.40. The highest BCUT2D eigenvalue weighted by Gasteiger charge is 1.95. The standard InChI is InChI=1S/C4H4O4.2C4H8O/c5-3(6)1-2-4(7)8;2*1-2-4-5-3-1/h1-2H,(H,5,6)(H,7,8);2*1-4H2/b2-1+;;. The van der Waals surface area contributed by atoms with Gasteiger partial charge in [-0.1, -0.05) is 0 Å². The number of carbonyl (C=O) groups is 2. The van der Waals surface area contributed by atoms with Gasteiger partial charge in [-0.2, -0.15) is 0 Å². The fraction of sp³-hybridized carbons (Fsp3) is 0.667. The van der Waals surface area contributed by atoms with Crippen molar-refractivity contribution in [2.75, 3.05) is 26.4 Å². The molecule has 0 bridgehead atoms. The number of carboxylic acid groups (broad SMARTS) is 2. The number of aliphatic carboxylic acids is 2. The monoisotopic (exact) mass is 260 g/mol. The third-order valence-corrected chi connectivity index (χ3v) is 2.02. The van der Waals surface area contributed by atoms with Crippen LogP contribution in [0, 0.1) is 0 Å². The Kier molecular flexibility index (Phi) is 11.1. The molecule has 0 saturated carbocycles. The summed E-state index contributed by atoms with van der Waals surface area (Å²) in [5, 5.41) is 15.6. The normalized spacial score (nSPS) is 17.6. The molecule has 0 aromatic heterocycles. The molecule has 0 atom stereocenters. The molecule has 2 fully saturated rings. The van der Waals surface area contributed by atoms with E-state index in [4.69, 9.17) is 19.7 Å². The molecule has 104 valence electrons. The molecular weight excluding hydrogens is 240 g/mol. The van der Waals surface area contributed by atoms with Crippen molar-refractivity contribution in [3.05, 3.63) is 12.2 Å². The van der Waals surface area contributed by atoms with Crippen LogP contribution in [0.15, 0.2) is 12.2 Å². The van der Waals surface area contributed by atoms with Crippen molar-refractivity contribution in [1.82, 2.24) is 0 Å². The molecule has 2 saturated heterocycles. The molecule has 0 aliphatic carbocycles. The van der Waals surface area contributed by atoms with Crippen LogP contribution in [-0.2, 0) is 19.1 Å². The Morgan fingerprint density at radius 3 is 1.11 bits per heavy atom. The molecule has 0 aromatic carbocycles. The summed E-state index contributed by atoms with van der Waals surface area (Å²) in [6, 6.07) is 0. The summed E-state index contributed by atoms with van der Waals surface area (Å²) in [7, 11) is 0. The van der Waals surface area contributed by atoms with Crippen molar-refractivity contribution < 1.29 is 29.3 Å². The second-order valence-corrected chi connectivity index (χ2v) is 3.65.